The van der Waals surface area contributed by atoms with Gasteiger partial charge in [-0.25, -0.2) is 4.79 Å². The lowest BCUT2D eigenvalue weighted by atomic mass is 10.1. The Bertz CT molecular complexity index is 1190. The SMILES string of the molecule is O=C(/C=C/c1ccccc1)Nc1cc2c(ccc3ccccc32)oc1=O. The van der Waals surface area contributed by atoms with E-state index in [9.17, 15) is 9.59 Å². The van der Waals surface area contributed by atoms with Crippen LogP contribution in [0.5, 0.6) is 0 Å². The normalized spacial score (nSPS) is 11.2. The maximum Gasteiger partial charge on any atom is 0.360 e. The first-order chi connectivity index (χ1) is 12.7. The summed E-state index contributed by atoms with van der Waals surface area (Å²) >= 11 is 0. The minimum absolute atomic E-state index is 0.122. The summed E-state index contributed by atoms with van der Waals surface area (Å²) in [6, 6.07) is 22.6. The molecule has 0 aliphatic carbocycles. The highest BCUT2D eigenvalue weighted by molar-refractivity contribution is 6.08. The van der Waals surface area contributed by atoms with Gasteiger partial charge in [-0.1, -0.05) is 60.7 Å². The highest BCUT2D eigenvalue weighted by atomic mass is 16.4. The third-order valence-electron chi connectivity index (χ3n) is 4.13. The molecule has 0 saturated heterocycles. The van der Waals surface area contributed by atoms with Gasteiger partial charge in [0, 0.05) is 11.5 Å². The number of carbonyl (C=O) groups is 1. The summed E-state index contributed by atoms with van der Waals surface area (Å²) in [7, 11) is 0. The molecular formula is C22H15NO3. The summed E-state index contributed by atoms with van der Waals surface area (Å²) in [6.07, 6.45) is 3.08. The molecule has 0 aliphatic rings. The van der Waals surface area contributed by atoms with E-state index < -0.39 is 5.63 Å². The summed E-state index contributed by atoms with van der Waals surface area (Å²) in [6.45, 7) is 0. The van der Waals surface area contributed by atoms with Crippen molar-refractivity contribution in [2.45, 2.75) is 0 Å². The molecule has 1 N–H and O–H groups in total. The van der Waals surface area contributed by atoms with E-state index in [-0.39, 0.29) is 11.6 Å². The Labute approximate surface area is 149 Å². The van der Waals surface area contributed by atoms with Gasteiger partial charge >= 0.3 is 5.63 Å². The highest BCUT2D eigenvalue weighted by Gasteiger charge is 2.09. The first-order valence-electron chi connectivity index (χ1n) is 8.20. The molecule has 126 valence electrons. The Morgan fingerprint density at radius 1 is 0.885 bits per heavy atom. The van der Waals surface area contributed by atoms with Crippen molar-refractivity contribution in [1.82, 2.24) is 0 Å². The van der Waals surface area contributed by atoms with E-state index in [0.717, 1.165) is 21.7 Å². The van der Waals surface area contributed by atoms with Crippen molar-refractivity contribution in [2.24, 2.45) is 0 Å². The second kappa shape index (κ2) is 6.69. The number of rotatable bonds is 3. The predicted octanol–water partition coefficient (Wildman–Crippen LogP) is 4.60. The van der Waals surface area contributed by atoms with Gasteiger partial charge in [0.05, 0.1) is 0 Å². The molecule has 0 bridgehead atoms. The smallest absolute Gasteiger partial charge is 0.360 e. The van der Waals surface area contributed by atoms with Gasteiger partial charge in [-0.05, 0) is 34.5 Å². The zero-order chi connectivity index (χ0) is 17.9. The molecule has 1 aromatic heterocycles. The third-order valence-corrected chi connectivity index (χ3v) is 4.13. The number of benzene rings is 3. The van der Waals surface area contributed by atoms with Gasteiger partial charge in [0.15, 0.2) is 0 Å². The number of nitrogens with one attached hydrogen (secondary N) is 1. The van der Waals surface area contributed by atoms with Crippen LogP contribution in [-0.2, 0) is 4.79 Å². The van der Waals surface area contributed by atoms with Gasteiger partial charge in [-0.2, -0.15) is 0 Å². The first kappa shape index (κ1) is 15.8. The van der Waals surface area contributed by atoms with Crippen molar-refractivity contribution < 1.29 is 9.21 Å². The molecule has 4 rings (SSSR count). The zero-order valence-corrected chi connectivity index (χ0v) is 13.8. The quantitative estimate of drug-likeness (QED) is 0.337. The van der Waals surface area contributed by atoms with Crippen molar-refractivity contribution in [3.63, 3.8) is 0 Å². The maximum absolute atomic E-state index is 12.2. The Hall–Kier alpha value is -3.66. The van der Waals surface area contributed by atoms with Crippen molar-refractivity contribution in [3.05, 3.63) is 94.9 Å². The molecular weight excluding hydrogens is 326 g/mol. The summed E-state index contributed by atoms with van der Waals surface area (Å²) in [4.78, 5) is 24.3. The summed E-state index contributed by atoms with van der Waals surface area (Å²) < 4.78 is 5.37. The van der Waals surface area contributed by atoms with Crippen molar-refractivity contribution in [2.75, 3.05) is 5.32 Å². The Balaban J connectivity index is 1.69. The molecule has 26 heavy (non-hydrogen) atoms. The lowest BCUT2D eigenvalue weighted by Gasteiger charge is -2.05. The van der Waals surface area contributed by atoms with Gasteiger partial charge in [0.1, 0.15) is 11.3 Å². The Kier molecular flexibility index (Phi) is 4.07. The lowest BCUT2D eigenvalue weighted by Crippen LogP contribution is -2.15. The molecule has 0 saturated carbocycles. The monoisotopic (exact) mass is 341 g/mol. The van der Waals surface area contributed by atoms with E-state index >= 15 is 0 Å². The molecule has 4 heteroatoms. The molecule has 0 unspecified atom stereocenters. The number of fused-ring (bicyclic) bond motifs is 3. The van der Waals surface area contributed by atoms with Crippen LogP contribution in [0.1, 0.15) is 5.56 Å². The molecule has 3 aromatic carbocycles. The van der Waals surface area contributed by atoms with Crippen molar-refractivity contribution in [1.29, 1.82) is 0 Å². The number of hydrogen-bond acceptors (Lipinski definition) is 3. The minimum Gasteiger partial charge on any atom is -0.421 e. The summed E-state index contributed by atoms with van der Waals surface area (Å²) in [5, 5.41) is 5.39. The molecule has 0 spiro atoms. The van der Waals surface area contributed by atoms with Gasteiger partial charge in [0.2, 0.25) is 5.91 Å². The largest absolute Gasteiger partial charge is 0.421 e. The maximum atomic E-state index is 12.2. The standard InChI is InChI=1S/C22H15NO3/c24-21(13-10-15-6-2-1-3-7-15)23-19-14-18-17-9-5-4-8-16(17)11-12-20(18)26-22(19)25/h1-14H,(H,23,24)/b13-10+. The van der Waals surface area contributed by atoms with Crippen LogP contribution in [0.3, 0.4) is 0 Å². The Morgan fingerprint density at radius 2 is 1.65 bits per heavy atom. The fourth-order valence-corrected chi connectivity index (χ4v) is 2.87. The van der Waals surface area contributed by atoms with E-state index in [1.54, 1.807) is 18.2 Å². The topological polar surface area (TPSA) is 59.3 Å². The van der Waals surface area contributed by atoms with Gasteiger partial charge in [-0.3, -0.25) is 4.79 Å². The fourth-order valence-electron chi connectivity index (χ4n) is 2.87. The van der Waals surface area contributed by atoms with Crippen molar-refractivity contribution >= 4 is 39.4 Å². The lowest BCUT2D eigenvalue weighted by molar-refractivity contribution is -0.111. The molecule has 0 atom stereocenters. The van der Waals surface area contributed by atoms with Crippen LogP contribution in [0.2, 0.25) is 0 Å². The van der Waals surface area contributed by atoms with Crippen LogP contribution in [0.25, 0.3) is 27.8 Å². The Morgan fingerprint density at radius 3 is 2.50 bits per heavy atom. The summed E-state index contributed by atoms with van der Waals surface area (Å²) in [5.41, 5.74) is 0.941. The zero-order valence-electron chi connectivity index (χ0n) is 13.8. The second-order valence-corrected chi connectivity index (χ2v) is 5.88. The van der Waals surface area contributed by atoms with E-state index in [2.05, 4.69) is 5.32 Å². The van der Waals surface area contributed by atoms with Crippen molar-refractivity contribution in [3.8, 4) is 0 Å². The molecule has 1 amide bonds. The van der Waals surface area contributed by atoms with E-state index in [4.69, 9.17) is 4.42 Å². The average molecular weight is 341 g/mol. The van der Waals surface area contributed by atoms with E-state index in [1.165, 1.54) is 6.08 Å². The third kappa shape index (κ3) is 3.13. The average Bonchev–Trinajstić information content (AvgIpc) is 2.68. The van der Waals surface area contributed by atoms with E-state index in [0.29, 0.717) is 5.58 Å². The molecule has 0 radical (unpaired) electrons. The molecule has 4 nitrogen and oxygen atoms in total. The predicted molar refractivity (Wildman–Crippen MR) is 104 cm³/mol. The van der Waals surface area contributed by atoms with Crippen LogP contribution >= 0.6 is 0 Å². The highest BCUT2D eigenvalue weighted by Crippen LogP contribution is 2.26. The number of amides is 1. The van der Waals surface area contributed by atoms with Gasteiger partial charge in [-0.15, -0.1) is 0 Å². The number of hydrogen-bond donors (Lipinski definition) is 1. The van der Waals surface area contributed by atoms with Gasteiger partial charge in [0.25, 0.3) is 0 Å². The fraction of sp³-hybridized carbons (Fsp3) is 0. The number of carbonyl (C=O) groups excluding carboxylic acids is 1. The van der Waals surface area contributed by atoms with Crippen LogP contribution in [0, 0.1) is 0 Å². The van der Waals surface area contributed by atoms with Crippen LogP contribution in [0.15, 0.2) is 88.1 Å². The molecule has 0 aliphatic heterocycles. The van der Waals surface area contributed by atoms with Gasteiger partial charge < -0.3 is 9.73 Å². The molecule has 0 fully saturated rings. The minimum atomic E-state index is -0.575. The number of anilines is 1. The van der Waals surface area contributed by atoms with Crippen LogP contribution in [-0.4, -0.2) is 5.91 Å². The first-order valence-corrected chi connectivity index (χ1v) is 8.20. The molecule has 4 aromatic rings. The van der Waals surface area contributed by atoms with E-state index in [1.807, 2.05) is 60.7 Å². The van der Waals surface area contributed by atoms with Crippen LogP contribution in [0.4, 0.5) is 5.69 Å². The van der Waals surface area contributed by atoms with Crippen LogP contribution < -0.4 is 10.9 Å². The second-order valence-electron chi connectivity index (χ2n) is 5.88. The molecule has 1 heterocycles. The summed E-state index contributed by atoms with van der Waals surface area (Å²) in [5.74, 6) is -0.388.